The lowest BCUT2D eigenvalue weighted by Crippen LogP contribution is -2.55. The lowest BCUT2D eigenvalue weighted by Gasteiger charge is -2.37. The van der Waals surface area contributed by atoms with Crippen LogP contribution in [0.15, 0.2) is 31.0 Å². The van der Waals surface area contributed by atoms with E-state index in [4.69, 9.17) is 16.5 Å². The highest BCUT2D eigenvalue weighted by Crippen LogP contribution is 2.34. The van der Waals surface area contributed by atoms with Crippen molar-refractivity contribution < 1.29 is 0 Å². The van der Waals surface area contributed by atoms with Crippen LogP contribution in [-0.4, -0.2) is 30.8 Å². The average Bonchev–Trinajstić information content (AvgIpc) is 3.13. The second kappa shape index (κ2) is 6.41. The molecule has 0 aliphatic heterocycles. The maximum absolute atomic E-state index is 6.67. The third-order valence-electron chi connectivity index (χ3n) is 5.36. The molecule has 7 heteroatoms. The van der Waals surface area contributed by atoms with Crippen molar-refractivity contribution in [3.05, 3.63) is 36.8 Å². The van der Waals surface area contributed by atoms with Crippen molar-refractivity contribution in [1.82, 2.24) is 24.7 Å². The van der Waals surface area contributed by atoms with E-state index in [1.165, 1.54) is 0 Å². The van der Waals surface area contributed by atoms with Crippen LogP contribution in [0.25, 0.3) is 22.0 Å². The molecule has 3 aromatic heterocycles. The van der Waals surface area contributed by atoms with Gasteiger partial charge in [0, 0.05) is 53.4 Å². The van der Waals surface area contributed by atoms with E-state index in [1.54, 1.807) is 12.4 Å². The summed E-state index contributed by atoms with van der Waals surface area (Å²) in [5.41, 5.74) is 15.1. The number of aromatic nitrogens is 5. The van der Waals surface area contributed by atoms with Crippen molar-refractivity contribution >= 4 is 10.9 Å². The summed E-state index contributed by atoms with van der Waals surface area (Å²) >= 11 is 0. The van der Waals surface area contributed by atoms with E-state index in [0.717, 1.165) is 47.7 Å². The summed E-state index contributed by atoms with van der Waals surface area (Å²) in [4.78, 5) is 13.7. The van der Waals surface area contributed by atoms with Crippen LogP contribution in [0.5, 0.6) is 0 Å². The zero-order chi connectivity index (χ0) is 18.3. The predicted molar refractivity (Wildman–Crippen MR) is 101 cm³/mol. The fraction of sp³-hybridized carbons (Fsp3) is 0.474. The highest BCUT2D eigenvalue weighted by molar-refractivity contribution is 5.91. The largest absolute Gasteiger partial charge is 0.326 e. The van der Waals surface area contributed by atoms with Gasteiger partial charge in [-0.1, -0.05) is 12.8 Å². The van der Waals surface area contributed by atoms with Gasteiger partial charge in [0.25, 0.3) is 0 Å². The molecule has 1 aliphatic carbocycles. The molecular weight excluding hydrogens is 326 g/mol. The first-order valence-corrected chi connectivity index (χ1v) is 9.19. The summed E-state index contributed by atoms with van der Waals surface area (Å²) in [5.74, 6) is 0.626. The van der Waals surface area contributed by atoms with Gasteiger partial charge in [-0.15, -0.1) is 0 Å². The topological polar surface area (TPSA) is 109 Å². The van der Waals surface area contributed by atoms with Crippen LogP contribution in [0.2, 0.25) is 0 Å². The molecule has 0 bridgehead atoms. The number of hydrogen-bond acceptors (Lipinski definition) is 6. The molecule has 0 radical (unpaired) electrons. The molecule has 4 N–H and O–H groups in total. The van der Waals surface area contributed by atoms with E-state index in [-0.39, 0.29) is 6.04 Å². The first-order valence-electron chi connectivity index (χ1n) is 9.19. The Morgan fingerprint density at radius 3 is 2.77 bits per heavy atom. The van der Waals surface area contributed by atoms with E-state index >= 15 is 0 Å². The van der Waals surface area contributed by atoms with E-state index in [1.807, 2.05) is 23.3 Å². The Labute approximate surface area is 152 Å². The molecule has 7 nitrogen and oxygen atoms in total. The molecule has 0 aromatic carbocycles. The number of nitrogens with zero attached hydrogens (tertiary/aromatic N) is 5. The minimum atomic E-state index is -0.672. The molecule has 2 atom stereocenters. The average molecular weight is 351 g/mol. The van der Waals surface area contributed by atoms with Crippen LogP contribution in [0, 0.1) is 0 Å². The van der Waals surface area contributed by atoms with Crippen LogP contribution >= 0.6 is 0 Å². The summed E-state index contributed by atoms with van der Waals surface area (Å²) < 4.78 is 1.93. The SMILES string of the molecule is CC(C)n1cc(-c2cncc3cnc(C4(N)CCCCC4N)nc23)cn1. The van der Waals surface area contributed by atoms with Gasteiger partial charge in [0.1, 0.15) is 5.82 Å². The van der Waals surface area contributed by atoms with Gasteiger partial charge in [-0.25, -0.2) is 9.97 Å². The number of nitrogens with two attached hydrogens (primary N) is 2. The molecule has 1 saturated carbocycles. The Morgan fingerprint density at radius 2 is 2.04 bits per heavy atom. The first kappa shape index (κ1) is 17.1. The number of pyridine rings is 1. The minimum Gasteiger partial charge on any atom is -0.326 e. The van der Waals surface area contributed by atoms with Gasteiger partial charge in [0.15, 0.2) is 0 Å². The van der Waals surface area contributed by atoms with Gasteiger partial charge in [-0.05, 0) is 26.7 Å². The van der Waals surface area contributed by atoms with Crippen LogP contribution < -0.4 is 11.5 Å². The van der Waals surface area contributed by atoms with E-state index in [0.29, 0.717) is 11.9 Å². The molecule has 3 heterocycles. The summed E-state index contributed by atoms with van der Waals surface area (Å²) in [5, 5.41) is 5.32. The fourth-order valence-electron chi connectivity index (χ4n) is 3.65. The van der Waals surface area contributed by atoms with Gasteiger partial charge in [-0.3, -0.25) is 9.67 Å². The summed E-state index contributed by atoms with van der Waals surface area (Å²) in [6, 6.07) is 0.173. The number of rotatable bonds is 3. The molecule has 136 valence electrons. The molecular formula is C19H25N7. The van der Waals surface area contributed by atoms with Crippen LogP contribution in [0.3, 0.4) is 0 Å². The number of hydrogen-bond donors (Lipinski definition) is 2. The smallest absolute Gasteiger partial charge is 0.150 e. The fourth-order valence-corrected chi connectivity index (χ4v) is 3.65. The Kier molecular flexibility index (Phi) is 4.20. The van der Waals surface area contributed by atoms with Gasteiger partial charge in [0.2, 0.25) is 0 Å². The Morgan fingerprint density at radius 1 is 1.19 bits per heavy atom. The van der Waals surface area contributed by atoms with E-state index < -0.39 is 5.54 Å². The summed E-state index contributed by atoms with van der Waals surface area (Å²) in [7, 11) is 0. The summed E-state index contributed by atoms with van der Waals surface area (Å²) in [6.07, 6.45) is 13.2. The lowest BCUT2D eigenvalue weighted by molar-refractivity contribution is 0.244. The van der Waals surface area contributed by atoms with Crippen molar-refractivity contribution in [2.75, 3.05) is 0 Å². The standard InChI is InChI=1S/C19H25N7/c1-12(2)26-11-14(9-24-26)15-10-22-7-13-8-23-18(25-17(13)15)19(21)6-4-3-5-16(19)20/h7-12,16H,3-6,20-21H2,1-2H3. The van der Waals surface area contributed by atoms with Crippen LogP contribution in [0.1, 0.15) is 51.4 Å². The van der Waals surface area contributed by atoms with Gasteiger partial charge < -0.3 is 11.5 Å². The number of fused-ring (bicyclic) bond motifs is 1. The van der Waals surface area contributed by atoms with Gasteiger partial charge in [-0.2, -0.15) is 5.10 Å². The van der Waals surface area contributed by atoms with Crippen molar-refractivity contribution in [1.29, 1.82) is 0 Å². The molecule has 0 amide bonds. The second-order valence-corrected chi connectivity index (χ2v) is 7.51. The van der Waals surface area contributed by atoms with Crippen molar-refractivity contribution in [2.45, 2.75) is 57.2 Å². The second-order valence-electron chi connectivity index (χ2n) is 7.51. The third-order valence-corrected chi connectivity index (χ3v) is 5.36. The molecule has 1 fully saturated rings. The van der Waals surface area contributed by atoms with Crippen LogP contribution in [0.4, 0.5) is 0 Å². The molecule has 3 aromatic rings. The molecule has 0 spiro atoms. The Bertz CT molecular complexity index is 933. The maximum atomic E-state index is 6.67. The van der Waals surface area contributed by atoms with E-state index in [2.05, 4.69) is 28.9 Å². The Hall–Kier alpha value is -2.38. The van der Waals surface area contributed by atoms with Crippen molar-refractivity contribution in [3.8, 4) is 11.1 Å². The highest BCUT2D eigenvalue weighted by Gasteiger charge is 2.39. The van der Waals surface area contributed by atoms with Crippen molar-refractivity contribution in [2.24, 2.45) is 11.5 Å². The summed E-state index contributed by atoms with van der Waals surface area (Å²) in [6.45, 7) is 4.20. The monoisotopic (exact) mass is 351 g/mol. The molecule has 1 aliphatic rings. The Balaban J connectivity index is 1.84. The van der Waals surface area contributed by atoms with Crippen molar-refractivity contribution in [3.63, 3.8) is 0 Å². The zero-order valence-electron chi connectivity index (χ0n) is 15.3. The van der Waals surface area contributed by atoms with Gasteiger partial charge >= 0.3 is 0 Å². The first-order chi connectivity index (χ1) is 12.5. The molecule has 26 heavy (non-hydrogen) atoms. The molecule has 4 rings (SSSR count). The van der Waals surface area contributed by atoms with E-state index in [9.17, 15) is 0 Å². The predicted octanol–water partition coefficient (Wildman–Crippen LogP) is 2.52. The highest BCUT2D eigenvalue weighted by atomic mass is 15.3. The zero-order valence-corrected chi connectivity index (χ0v) is 15.3. The lowest BCUT2D eigenvalue weighted by atomic mass is 9.78. The quantitative estimate of drug-likeness (QED) is 0.750. The molecule has 0 saturated heterocycles. The minimum absolute atomic E-state index is 0.123. The normalized spacial score (nSPS) is 23.7. The maximum Gasteiger partial charge on any atom is 0.150 e. The molecule has 2 unspecified atom stereocenters. The third kappa shape index (κ3) is 2.77. The van der Waals surface area contributed by atoms with Crippen LogP contribution in [-0.2, 0) is 5.54 Å². The van der Waals surface area contributed by atoms with Gasteiger partial charge in [0.05, 0.1) is 17.3 Å².